The van der Waals surface area contributed by atoms with Crippen LogP contribution in [0.1, 0.15) is 25.8 Å². The third-order valence-corrected chi connectivity index (χ3v) is 4.26. The van der Waals surface area contributed by atoms with Gasteiger partial charge in [-0.1, -0.05) is 12.1 Å². The van der Waals surface area contributed by atoms with Gasteiger partial charge in [0.2, 0.25) is 5.91 Å². The standard InChI is InChI=1S/C18H30N4O/c1-15-6-4-7-16(14-15)22-12-10-21(11-13-22)9-5-8-20-17(23)18(2,3)19/h4,6-7,14H,5,8-13,19H2,1-3H3,(H,20,23). The van der Waals surface area contributed by atoms with Crippen LogP contribution in [0.15, 0.2) is 24.3 Å². The summed E-state index contributed by atoms with van der Waals surface area (Å²) >= 11 is 0. The summed E-state index contributed by atoms with van der Waals surface area (Å²) in [7, 11) is 0. The second kappa shape index (κ2) is 7.79. The van der Waals surface area contributed by atoms with Gasteiger partial charge in [0.25, 0.3) is 0 Å². The predicted molar refractivity (Wildman–Crippen MR) is 95.7 cm³/mol. The van der Waals surface area contributed by atoms with Gasteiger partial charge in [0.15, 0.2) is 0 Å². The van der Waals surface area contributed by atoms with E-state index in [2.05, 4.69) is 46.3 Å². The maximum Gasteiger partial charge on any atom is 0.239 e. The second-order valence-corrected chi connectivity index (χ2v) is 7.00. The average molecular weight is 318 g/mol. The van der Waals surface area contributed by atoms with Crippen LogP contribution in [-0.4, -0.2) is 55.6 Å². The highest BCUT2D eigenvalue weighted by Gasteiger charge is 2.21. The first-order valence-electron chi connectivity index (χ1n) is 8.47. The molecular weight excluding hydrogens is 288 g/mol. The number of anilines is 1. The summed E-state index contributed by atoms with van der Waals surface area (Å²) in [6.07, 6.45) is 0.965. The molecule has 1 aliphatic heterocycles. The Morgan fingerprint density at radius 3 is 2.57 bits per heavy atom. The summed E-state index contributed by atoms with van der Waals surface area (Å²) in [6.45, 7) is 11.6. The third kappa shape index (κ3) is 5.52. The Bertz CT molecular complexity index is 516. The lowest BCUT2D eigenvalue weighted by Gasteiger charge is -2.36. The molecule has 0 radical (unpaired) electrons. The molecule has 23 heavy (non-hydrogen) atoms. The first-order valence-corrected chi connectivity index (χ1v) is 8.47. The van der Waals surface area contributed by atoms with Crippen LogP contribution in [0.3, 0.4) is 0 Å². The Morgan fingerprint density at radius 1 is 1.26 bits per heavy atom. The molecule has 5 heteroatoms. The number of piperazine rings is 1. The van der Waals surface area contributed by atoms with Crippen molar-refractivity contribution in [2.45, 2.75) is 32.7 Å². The largest absolute Gasteiger partial charge is 0.369 e. The summed E-state index contributed by atoms with van der Waals surface area (Å²) in [5.74, 6) is -0.0817. The lowest BCUT2D eigenvalue weighted by molar-refractivity contribution is -0.125. The van der Waals surface area contributed by atoms with Gasteiger partial charge >= 0.3 is 0 Å². The highest BCUT2D eigenvalue weighted by Crippen LogP contribution is 2.17. The summed E-state index contributed by atoms with van der Waals surface area (Å²) < 4.78 is 0. The molecule has 0 spiro atoms. The fraction of sp³-hybridized carbons (Fsp3) is 0.611. The minimum atomic E-state index is -0.792. The minimum absolute atomic E-state index is 0.0817. The molecule has 0 bridgehead atoms. The Morgan fingerprint density at radius 2 is 1.96 bits per heavy atom. The molecule has 2 rings (SSSR count). The first-order chi connectivity index (χ1) is 10.9. The second-order valence-electron chi connectivity index (χ2n) is 7.00. The van der Waals surface area contributed by atoms with Crippen molar-refractivity contribution in [2.24, 2.45) is 5.73 Å². The monoisotopic (exact) mass is 318 g/mol. The van der Waals surface area contributed by atoms with Gasteiger partial charge < -0.3 is 16.0 Å². The molecule has 1 aromatic carbocycles. The van der Waals surface area contributed by atoms with Crippen LogP contribution in [-0.2, 0) is 4.79 Å². The lowest BCUT2D eigenvalue weighted by atomic mass is 10.1. The Balaban J connectivity index is 1.66. The Hall–Kier alpha value is -1.59. The normalized spacial score (nSPS) is 16.4. The molecular formula is C18H30N4O. The van der Waals surface area contributed by atoms with Gasteiger partial charge in [0.1, 0.15) is 0 Å². The highest BCUT2D eigenvalue weighted by molar-refractivity contribution is 5.84. The Kier molecular flexibility index (Phi) is 6.02. The molecule has 0 atom stereocenters. The van der Waals surface area contributed by atoms with Gasteiger partial charge in [0, 0.05) is 38.4 Å². The van der Waals surface area contributed by atoms with E-state index in [-0.39, 0.29) is 5.91 Å². The number of rotatable bonds is 6. The zero-order valence-corrected chi connectivity index (χ0v) is 14.6. The van der Waals surface area contributed by atoms with E-state index in [1.165, 1.54) is 11.3 Å². The highest BCUT2D eigenvalue weighted by atomic mass is 16.2. The van der Waals surface area contributed by atoms with Gasteiger partial charge in [-0.3, -0.25) is 9.69 Å². The average Bonchev–Trinajstić information content (AvgIpc) is 2.51. The minimum Gasteiger partial charge on any atom is -0.369 e. The van der Waals surface area contributed by atoms with Crippen molar-refractivity contribution in [1.82, 2.24) is 10.2 Å². The van der Waals surface area contributed by atoms with Gasteiger partial charge in [-0.25, -0.2) is 0 Å². The number of nitrogens with zero attached hydrogens (tertiary/aromatic N) is 2. The molecule has 1 aliphatic rings. The number of hydrogen-bond donors (Lipinski definition) is 2. The van der Waals surface area contributed by atoms with E-state index in [4.69, 9.17) is 5.73 Å². The van der Waals surface area contributed by atoms with Crippen LogP contribution in [0.2, 0.25) is 0 Å². The van der Waals surface area contributed by atoms with Crippen molar-refractivity contribution in [3.63, 3.8) is 0 Å². The van der Waals surface area contributed by atoms with E-state index in [9.17, 15) is 4.79 Å². The van der Waals surface area contributed by atoms with Gasteiger partial charge in [-0.15, -0.1) is 0 Å². The summed E-state index contributed by atoms with van der Waals surface area (Å²) in [5.41, 5.74) is 7.60. The summed E-state index contributed by atoms with van der Waals surface area (Å²) in [6, 6.07) is 8.70. The molecule has 0 saturated carbocycles. The molecule has 5 nitrogen and oxygen atoms in total. The smallest absolute Gasteiger partial charge is 0.239 e. The summed E-state index contributed by atoms with van der Waals surface area (Å²) in [4.78, 5) is 16.6. The topological polar surface area (TPSA) is 61.6 Å². The zero-order chi connectivity index (χ0) is 16.9. The fourth-order valence-electron chi connectivity index (χ4n) is 2.79. The lowest BCUT2D eigenvalue weighted by Crippen LogP contribution is -2.50. The number of aryl methyl sites for hydroxylation is 1. The predicted octanol–water partition coefficient (Wildman–Crippen LogP) is 1.36. The van der Waals surface area contributed by atoms with Crippen LogP contribution in [0, 0.1) is 6.92 Å². The molecule has 3 N–H and O–H groups in total. The van der Waals surface area contributed by atoms with Gasteiger partial charge in [-0.2, -0.15) is 0 Å². The number of carbonyl (C=O) groups excluding carboxylic acids is 1. The summed E-state index contributed by atoms with van der Waals surface area (Å²) in [5, 5.41) is 2.90. The van der Waals surface area contributed by atoms with Crippen LogP contribution in [0.25, 0.3) is 0 Å². The van der Waals surface area contributed by atoms with E-state index in [1.54, 1.807) is 13.8 Å². The van der Waals surface area contributed by atoms with Crippen LogP contribution in [0.5, 0.6) is 0 Å². The number of amides is 1. The first kappa shape index (κ1) is 17.8. The molecule has 0 aliphatic carbocycles. The van der Waals surface area contributed by atoms with E-state index in [0.29, 0.717) is 6.54 Å². The van der Waals surface area contributed by atoms with Crippen molar-refractivity contribution < 1.29 is 4.79 Å². The zero-order valence-electron chi connectivity index (χ0n) is 14.6. The van der Waals surface area contributed by atoms with Crippen molar-refractivity contribution in [1.29, 1.82) is 0 Å². The van der Waals surface area contributed by atoms with E-state index >= 15 is 0 Å². The number of benzene rings is 1. The van der Waals surface area contributed by atoms with Crippen molar-refractivity contribution in [3.05, 3.63) is 29.8 Å². The molecule has 1 aromatic rings. The van der Waals surface area contributed by atoms with Crippen molar-refractivity contribution >= 4 is 11.6 Å². The Labute approximate surface area is 139 Å². The maximum atomic E-state index is 11.7. The van der Waals surface area contributed by atoms with Gasteiger partial charge in [-0.05, 0) is 51.4 Å². The maximum absolute atomic E-state index is 11.7. The van der Waals surface area contributed by atoms with E-state index in [1.807, 2.05) is 0 Å². The quantitative estimate of drug-likeness (QED) is 0.778. The van der Waals surface area contributed by atoms with E-state index < -0.39 is 5.54 Å². The molecule has 0 unspecified atom stereocenters. The van der Waals surface area contributed by atoms with E-state index in [0.717, 1.165) is 39.1 Å². The molecule has 128 valence electrons. The number of hydrogen-bond acceptors (Lipinski definition) is 4. The number of nitrogens with one attached hydrogen (secondary N) is 1. The van der Waals surface area contributed by atoms with Crippen LogP contribution < -0.4 is 16.0 Å². The molecule has 1 saturated heterocycles. The molecule has 1 amide bonds. The SMILES string of the molecule is Cc1cccc(N2CCN(CCCNC(=O)C(C)(C)N)CC2)c1. The third-order valence-electron chi connectivity index (χ3n) is 4.26. The molecule has 1 heterocycles. The number of carbonyl (C=O) groups is 1. The van der Waals surface area contributed by atoms with Gasteiger partial charge in [0.05, 0.1) is 5.54 Å². The van der Waals surface area contributed by atoms with Crippen molar-refractivity contribution in [3.8, 4) is 0 Å². The molecule has 0 aromatic heterocycles. The fourth-order valence-corrected chi connectivity index (χ4v) is 2.79. The molecule has 1 fully saturated rings. The number of nitrogens with two attached hydrogens (primary N) is 1. The van der Waals surface area contributed by atoms with Crippen molar-refractivity contribution in [2.75, 3.05) is 44.2 Å². The van der Waals surface area contributed by atoms with Crippen LogP contribution >= 0.6 is 0 Å². The van der Waals surface area contributed by atoms with Crippen LogP contribution in [0.4, 0.5) is 5.69 Å².